The van der Waals surface area contributed by atoms with Crippen molar-refractivity contribution in [2.24, 2.45) is 0 Å². The van der Waals surface area contributed by atoms with Crippen molar-refractivity contribution in [3.8, 4) is 5.75 Å². The molecule has 0 spiro atoms. The lowest BCUT2D eigenvalue weighted by Gasteiger charge is -2.11. The summed E-state index contributed by atoms with van der Waals surface area (Å²) in [4.78, 5) is 12.2. The molecule has 0 aromatic heterocycles. The maximum absolute atomic E-state index is 12.2. The Morgan fingerprint density at radius 2 is 1.91 bits per heavy atom. The van der Waals surface area contributed by atoms with Gasteiger partial charge in [0.25, 0.3) is 5.91 Å². The number of rotatable bonds is 3. The second-order valence-corrected chi connectivity index (χ2v) is 6.91. The molecule has 0 saturated heterocycles. The third-order valence-corrected chi connectivity index (χ3v) is 4.87. The van der Waals surface area contributed by atoms with E-state index >= 15 is 0 Å². The van der Waals surface area contributed by atoms with Crippen molar-refractivity contribution >= 4 is 72.4 Å². The minimum absolute atomic E-state index is 0.181. The number of anilines is 1. The Kier molecular flexibility index (Phi) is 6.41. The average Bonchev–Trinajstić information content (AvgIpc) is 2.50. The van der Waals surface area contributed by atoms with E-state index in [2.05, 4.69) is 42.5 Å². The van der Waals surface area contributed by atoms with E-state index in [1.54, 1.807) is 43.5 Å². The third-order valence-electron chi connectivity index (χ3n) is 2.82. The number of methoxy groups -OCH3 is 1. The third kappa shape index (κ3) is 4.91. The van der Waals surface area contributed by atoms with E-state index in [4.69, 9.17) is 28.6 Å². The van der Waals surface area contributed by atoms with Crippen molar-refractivity contribution in [3.63, 3.8) is 0 Å². The van der Waals surface area contributed by atoms with Crippen LogP contribution in [0.3, 0.4) is 0 Å². The molecule has 2 aromatic carbocycles. The largest absolute Gasteiger partial charge is 0.496 e. The second-order valence-electron chi connectivity index (χ2n) is 4.39. The van der Waals surface area contributed by atoms with E-state index in [9.17, 15) is 4.79 Å². The summed E-state index contributed by atoms with van der Waals surface area (Å²) in [7, 11) is 1.56. The lowest BCUT2D eigenvalue weighted by atomic mass is 10.2. The summed E-state index contributed by atoms with van der Waals surface area (Å²) in [6.45, 7) is 0. The number of amides is 1. The molecule has 23 heavy (non-hydrogen) atoms. The fourth-order valence-corrected chi connectivity index (χ4v) is 2.90. The minimum Gasteiger partial charge on any atom is -0.496 e. The molecule has 4 nitrogen and oxygen atoms in total. The fraction of sp³-hybridized carbons (Fsp3) is 0.0667. The van der Waals surface area contributed by atoms with Gasteiger partial charge in [0.1, 0.15) is 5.75 Å². The van der Waals surface area contributed by atoms with Crippen LogP contribution in [0.5, 0.6) is 5.75 Å². The van der Waals surface area contributed by atoms with Crippen LogP contribution in [0.1, 0.15) is 10.4 Å². The van der Waals surface area contributed by atoms with Gasteiger partial charge in [0.05, 0.1) is 16.6 Å². The number of halogens is 3. The van der Waals surface area contributed by atoms with E-state index < -0.39 is 0 Å². The topological polar surface area (TPSA) is 50.4 Å². The maximum Gasteiger partial charge on any atom is 0.257 e. The lowest BCUT2D eigenvalue weighted by Crippen LogP contribution is -2.34. The number of thiocarbonyl (C=S) groups is 1. The molecule has 0 fully saturated rings. The van der Waals surface area contributed by atoms with E-state index in [1.807, 2.05) is 0 Å². The molecule has 2 aromatic rings. The summed E-state index contributed by atoms with van der Waals surface area (Å²) in [5, 5.41) is 6.24. The van der Waals surface area contributed by atoms with Crippen molar-refractivity contribution in [2.75, 3.05) is 12.4 Å². The van der Waals surface area contributed by atoms with Crippen LogP contribution in [0.2, 0.25) is 5.02 Å². The summed E-state index contributed by atoms with van der Waals surface area (Å²) in [5.41, 5.74) is 1.13. The summed E-state index contributed by atoms with van der Waals surface area (Å²) >= 11 is 17.8. The number of carbonyl (C=O) groups excluding carboxylic acids is 1. The van der Waals surface area contributed by atoms with E-state index in [0.717, 1.165) is 4.47 Å². The molecule has 2 N–H and O–H groups in total. The van der Waals surface area contributed by atoms with Crippen molar-refractivity contribution in [3.05, 3.63) is 55.9 Å². The van der Waals surface area contributed by atoms with Crippen LogP contribution in [0.15, 0.2) is 45.3 Å². The van der Waals surface area contributed by atoms with Gasteiger partial charge >= 0.3 is 0 Å². The second kappa shape index (κ2) is 8.10. The molecular weight excluding hydrogens is 468 g/mol. The molecular formula is C15H11Br2ClN2O2S. The van der Waals surface area contributed by atoms with E-state index in [-0.39, 0.29) is 11.0 Å². The van der Waals surface area contributed by atoms with E-state index in [0.29, 0.717) is 26.5 Å². The van der Waals surface area contributed by atoms with Crippen LogP contribution in [0.4, 0.5) is 5.69 Å². The Bertz CT molecular complexity index is 771. The monoisotopic (exact) mass is 476 g/mol. The zero-order valence-electron chi connectivity index (χ0n) is 11.8. The molecule has 0 saturated carbocycles. The van der Waals surface area contributed by atoms with Gasteiger partial charge in [0.15, 0.2) is 5.11 Å². The smallest absolute Gasteiger partial charge is 0.257 e. The van der Waals surface area contributed by atoms with Gasteiger partial charge in [0.2, 0.25) is 0 Å². The first-order valence-corrected chi connectivity index (χ1v) is 8.69. The number of nitrogens with one attached hydrogen (secondary N) is 2. The van der Waals surface area contributed by atoms with Gasteiger partial charge in [-0.2, -0.15) is 0 Å². The van der Waals surface area contributed by atoms with Crippen molar-refractivity contribution in [1.82, 2.24) is 5.32 Å². The Hall–Kier alpha value is -1.15. The van der Waals surface area contributed by atoms with Crippen molar-refractivity contribution in [2.45, 2.75) is 0 Å². The summed E-state index contributed by atoms with van der Waals surface area (Å²) in [6, 6.07) is 10.3. The highest BCUT2D eigenvalue weighted by Gasteiger charge is 2.11. The standard InChI is InChI=1S/C15H11Br2ClN2O2S/c1-22-13-5-2-8(6-11(13)17)14(21)20-15(23)19-9-3-4-10(16)12(18)7-9/h2-7H,1H3,(H2,19,20,21,23). The highest BCUT2D eigenvalue weighted by Crippen LogP contribution is 2.26. The van der Waals surface area contributed by atoms with Crippen LogP contribution in [-0.2, 0) is 0 Å². The Morgan fingerprint density at radius 3 is 2.52 bits per heavy atom. The first-order valence-electron chi connectivity index (χ1n) is 6.31. The molecule has 0 radical (unpaired) electrons. The quantitative estimate of drug-likeness (QED) is 0.610. The first kappa shape index (κ1) is 18.2. The molecule has 2 rings (SSSR count). The lowest BCUT2D eigenvalue weighted by molar-refractivity contribution is 0.0977. The van der Waals surface area contributed by atoms with Crippen LogP contribution in [0.25, 0.3) is 0 Å². The highest BCUT2D eigenvalue weighted by molar-refractivity contribution is 9.10. The summed E-state index contributed by atoms with van der Waals surface area (Å²) in [6.07, 6.45) is 0. The predicted molar refractivity (Wildman–Crippen MR) is 104 cm³/mol. The first-order chi connectivity index (χ1) is 10.9. The fourth-order valence-electron chi connectivity index (χ4n) is 1.72. The minimum atomic E-state index is -0.325. The zero-order chi connectivity index (χ0) is 17.0. The predicted octanol–water partition coefficient (Wildman–Crippen LogP) is 5.00. The molecule has 120 valence electrons. The van der Waals surface area contributed by atoms with Gasteiger partial charge in [-0.25, -0.2) is 0 Å². The number of carbonyl (C=O) groups is 1. The Morgan fingerprint density at radius 1 is 1.17 bits per heavy atom. The normalized spacial score (nSPS) is 10.1. The van der Waals surface area contributed by atoms with Gasteiger partial charge in [-0.1, -0.05) is 11.6 Å². The van der Waals surface area contributed by atoms with Gasteiger partial charge < -0.3 is 10.1 Å². The van der Waals surface area contributed by atoms with Gasteiger partial charge in [-0.15, -0.1) is 0 Å². The van der Waals surface area contributed by atoms with Gasteiger partial charge in [0, 0.05) is 15.7 Å². The molecule has 0 unspecified atom stereocenters. The molecule has 0 aliphatic heterocycles. The maximum atomic E-state index is 12.2. The average molecular weight is 479 g/mol. The molecule has 0 aliphatic rings. The Balaban J connectivity index is 2.03. The van der Waals surface area contributed by atoms with Crippen molar-refractivity contribution < 1.29 is 9.53 Å². The van der Waals surface area contributed by atoms with Crippen molar-refractivity contribution in [1.29, 1.82) is 0 Å². The summed E-state index contributed by atoms with van der Waals surface area (Å²) in [5.74, 6) is 0.320. The molecule has 0 bridgehead atoms. The molecule has 0 aliphatic carbocycles. The SMILES string of the molecule is COc1ccc(C(=O)NC(=S)Nc2ccc(Br)c(Cl)c2)cc1Br. The molecule has 0 atom stereocenters. The zero-order valence-corrected chi connectivity index (χ0v) is 16.6. The number of hydrogen-bond acceptors (Lipinski definition) is 3. The molecule has 0 heterocycles. The van der Waals surface area contributed by atoms with Gasteiger partial charge in [-0.05, 0) is 80.5 Å². The van der Waals surface area contributed by atoms with Crippen LogP contribution < -0.4 is 15.4 Å². The number of hydrogen-bond donors (Lipinski definition) is 2. The summed E-state index contributed by atoms with van der Waals surface area (Å²) < 4.78 is 6.59. The Labute approximate surface area is 160 Å². The van der Waals surface area contributed by atoms with E-state index in [1.165, 1.54) is 0 Å². The highest BCUT2D eigenvalue weighted by atomic mass is 79.9. The molecule has 1 amide bonds. The van der Waals surface area contributed by atoms with Crippen LogP contribution >= 0.6 is 55.7 Å². The van der Waals surface area contributed by atoms with Crippen LogP contribution in [0, 0.1) is 0 Å². The van der Waals surface area contributed by atoms with Gasteiger partial charge in [-0.3, -0.25) is 10.1 Å². The van der Waals surface area contributed by atoms with Crippen LogP contribution in [-0.4, -0.2) is 18.1 Å². The number of benzene rings is 2. The molecule has 8 heteroatoms. The number of ether oxygens (including phenoxy) is 1.